The van der Waals surface area contributed by atoms with Crippen molar-refractivity contribution in [1.82, 2.24) is 16.0 Å². The number of ether oxygens (including phenoxy) is 1. The first kappa shape index (κ1) is 16.2. The van der Waals surface area contributed by atoms with E-state index in [-0.39, 0.29) is 11.9 Å². The molecule has 0 aliphatic carbocycles. The maximum atomic E-state index is 11.5. The van der Waals surface area contributed by atoms with Gasteiger partial charge in [0.05, 0.1) is 7.11 Å². The minimum atomic E-state index is -0.356. The van der Waals surface area contributed by atoms with Crippen molar-refractivity contribution in [2.45, 2.75) is 26.4 Å². The number of methoxy groups -OCH3 is 1. The van der Waals surface area contributed by atoms with Crippen molar-refractivity contribution in [2.24, 2.45) is 0 Å². The molecule has 1 atom stereocenters. The normalized spacial score (nSPS) is 11.3. The van der Waals surface area contributed by atoms with Crippen LogP contribution in [0.4, 0.5) is 0 Å². The zero-order valence-corrected chi connectivity index (χ0v) is 12.8. The van der Waals surface area contributed by atoms with Crippen LogP contribution in [0.15, 0.2) is 24.3 Å². The van der Waals surface area contributed by atoms with E-state index in [2.05, 4.69) is 16.0 Å². The molecule has 0 saturated carbocycles. The molecule has 0 bridgehead atoms. The van der Waals surface area contributed by atoms with Crippen LogP contribution in [0.3, 0.4) is 0 Å². The van der Waals surface area contributed by atoms with Crippen LogP contribution < -0.4 is 20.7 Å². The Bertz CT molecular complexity index is 448. The fourth-order valence-electron chi connectivity index (χ4n) is 1.57. The van der Waals surface area contributed by atoms with Gasteiger partial charge < -0.3 is 20.7 Å². The number of rotatable bonds is 6. The second-order valence-corrected chi connectivity index (χ2v) is 4.70. The Kier molecular flexibility index (Phi) is 6.79. The number of thiocarbonyl (C=S) groups is 1. The SMILES string of the molecule is CCNC(=O)[C@@H](C)NC(=S)NCc1ccc(OC)cc1. The van der Waals surface area contributed by atoms with Crippen LogP contribution >= 0.6 is 12.2 Å². The van der Waals surface area contributed by atoms with Crippen molar-refractivity contribution in [3.8, 4) is 5.75 Å². The number of benzene rings is 1. The molecule has 1 aromatic rings. The van der Waals surface area contributed by atoms with Crippen LogP contribution in [0.25, 0.3) is 0 Å². The van der Waals surface area contributed by atoms with Crippen LogP contribution in [-0.4, -0.2) is 30.7 Å². The highest BCUT2D eigenvalue weighted by molar-refractivity contribution is 7.80. The van der Waals surface area contributed by atoms with Gasteiger partial charge in [-0.25, -0.2) is 0 Å². The van der Waals surface area contributed by atoms with E-state index in [1.54, 1.807) is 14.0 Å². The van der Waals surface area contributed by atoms with Crippen molar-refractivity contribution in [3.05, 3.63) is 29.8 Å². The lowest BCUT2D eigenvalue weighted by Crippen LogP contribution is -2.48. The van der Waals surface area contributed by atoms with Gasteiger partial charge in [0.15, 0.2) is 5.11 Å². The van der Waals surface area contributed by atoms with Gasteiger partial charge in [0.1, 0.15) is 11.8 Å². The summed E-state index contributed by atoms with van der Waals surface area (Å²) in [5.74, 6) is 0.750. The largest absolute Gasteiger partial charge is 0.497 e. The molecule has 0 radical (unpaired) electrons. The standard InChI is InChI=1S/C14H21N3O2S/c1-4-15-13(18)10(2)17-14(20)16-9-11-5-7-12(19-3)8-6-11/h5-8,10H,4,9H2,1-3H3,(H,15,18)(H2,16,17,20)/t10-/m1/s1. The highest BCUT2D eigenvalue weighted by Gasteiger charge is 2.12. The molecule has 1 aromatic carbocycles. The van der Waals surface area contributed by atoms with Crippen LogP contribution in [0.2, 0.25) is 0 Å². The third kappa shape index (κ3) is 5.44. The van der Waals surface area contributed by atoms with E-state index < -0.39 is 0 Å². The molecule has 0 saturated heterocycles. The summed E-state index contributed by atoms with van der Waals surface area (Å²) >= 11 is 5.15. The Balaban J connectivity index is 2.37. The molecular weight excluding hydrogens is 274 g/mol. The predicted octanol–water partition coefficient (Wildman–Crippen LogP) is 1.18. The van der Waals surface area contributed by atoms with Gasteiger partial charge in [-0.15, -0.1) is 0 Å². The van der Waals surface area contributed by atoms with E-state index in [9.17, 15) is 4.79 Å². The topological polar surface area (TPSA) is 62.4 Å². The van der Waals surface area contributed by atoms with E-state index in [0.29, 0.717) is 18.2 Å². The lowest BCUT2D eigenvalue weighted by atomic mass is 10.2. The molecule has 0 fully saturated rings. The van der Waals surface area contributed by atoms with E-state index in [4.69, 9.17) is 17.0 Å². The number of nitrogens with one attached hydrogen (secondary N) is 3. The van der Waals surface area contributed by atoms with Crippen LogP contribution in [0.1, 0.15) is 19.4 Å². The molecule has 1 amide bonds. The van der Waals surface area contributed by atoms with Crippen LogP contribution in [0.5, 0.6) is 5.75 Å². The molecule has 0 aliphatic heterocycles. The highest BCUT2D eigenvalue weighted by atomic mass is 32.1. The Morgan fingerprint density at radius 1 is 1.30 bits per heavy atom. The number of carbonyl (C=O) groups is 1. The molecule has 0 unspecified atom stereocenters. The fourth-order valence-corrected chi connectivity index (χ4v) is 1.82. The molecule has 5 nitrogen and oxygen atoms in total. The maximum Gasteiger partial charge on any atom is 0.242 e. The van der Waals surface area contributed by atoms with Crippen molar-refractivity contribution in [1.29, 1.82) is 0 Å². The molecule has 110 valence electrons. The highest BCUT2D eigenvalue weighted by Crippen LogP contribution is 2.10. The van der Waals surface area contributed by atoms with Gasteiger partial charge in [-0.1, -0.05) is 12.1 Å². The molecule has 0 aliphatic rings. The lowest BCUT2D eigenvalue weighted by Gasteiger charge is -2.16. The third-order valence-electron chi connectivity index (χ3n) is 2.70. The maximum absolute atomic E-state index is 11.5. The summed E-state index contributed by atoms with van der Waals surface area (Å²) in [5, 5.41) is 9.20. The second kappa shape index (κ2) is 8.37. The predicted molar refractivity (Wildman–Crippen MR) is 83.7 cm³/mol. The lowest BCUT2D eigenvalue weighted by molar-refractivity contribution is -0.122. The minimum Gasteiger partial charge on any atom is -0.497 e. The summed E-state index contributed by atoms with van der Waals surface area (Å²) in [6.07, 6.45) is 0. The van der Waals surface area contributed by atoms with Gasteiger partial charge in [-0.3, -0.25) is 4.79 Å². The first-order valence-electron chi connectivity index (χ1n) is 6.51. The average Bonchev–Trinajstić information content (AvgIpc) is 2.45. The number of carbonyl (C=O) groups excluding carboxylic acids is 1. The molecule has 3 N–H and O–H groups in total. The summed E-state index contributed by atoms with van der Waals surface area (Å²) < 4.78 is 5.09. The van der Waals surface area contributed by atoms with E-state index >= 15 is 0 Å². The van der Waals surface area contributed by atoms with Crippen molar-refractivity contribution < 1.29 is 9.53 Å². The summed E-state index contributed by atoms with van der Waals surface area (Å²) in [6.45, 7) is 4.85. The van der Waals surface area contributed by atoms with Gasteiger partial charge in [-0.2, -0.15) is 0 Å². The number of likely N-dealkylation sites (N-methyl/N-ethyl adjacent to an activating group) is 1. The first-order valence-corrected chi connectivity index (χ1v) is 6.92. The number of amides is 1. The Morgan fingerprint density at radius 3 is 2.50 bits per heavy atom. The Morgan fingerprint density at radius 2 is 1.95 bits per heavy atom. The zero-order chi connectivity index (χ0) is 15.0. The van der Waals surface area contributed by atoms with Gasteiger partial charge >= 0.3 is 0 Å². The molecule has 20 heavy (non-hydrogen) atoms. The minimum absolute atomic E-state index is 0.0684. The van der Waals surface area contributed by atoms with Gasteiger partial charge in [0, 0.05) is 13.1 Å². The van der Waals surface area contributed by atoms with E-state index in [0.717, 1.165) is 11.3 Å². The summed E-state index contributed by atoms with van der Waals surface area (Å²) in [7, 11) is 1.63. The second-order valence-electron chi connectivity index (χ2n) is 4.29. The van der Waals surface area contributed by atoms with Gasteiger partial charge in [0.2, 0.25) is 5.91 Å². The number of hydrogen-bond donors (Lipinski definition) is 3. The average molecular weight is 295 g/mol. The van der Waals surface area contributed by atoms with Crippen LogP contribution in [-0.2, 0) is 11.3 Å². The molecular formula is C14H21N3O2S. The van der Waals surface area contributed by atoms with Gasteiger partial charge in [-0.05, 0) is 43.8 Å². The van der Waals surface area contributed by atoms with Crippen molar-refractivity contribution in [2.75, 3.05) is 13.7 Å². The quantitative estimate of drug-likeness (QED) is 0.688. The summed E-state index contributed by atoms with van der Waals surface area (Å²) in [4.78, 5) is 11.5. The Hall–Kier alpha value is -1.82. The first-order chi connectivity index (χ1) is 9.56. The molecule has 0 spiro atoms. The molecule has 0 aromatic heterocycles. The van der Waals surface area contributed by atoms with Crippen molar-refractivity contribution in [3.63, 3.8) is 0 Å². The van der Waals surface area contributed by atoms with Gasteiger partial charge in [0.25, 0.3) is 0 Å². The third-order valence-corrected chi connectivity index (χ3v) is 2.97. The van der Waals surface area contributed by atoms with Crippen molar-refractivity contribution >= 4 is 23.2 Å². The van der Waals surface area contributed by atoms with E-state index in [1.165, 1.54) is 0 Å². The van der Waals surface area contributed by atoms with E-state index in [1.807, 2.05) is 31.2 Å². The monoisotopic (exact) mass is 295 g/mol. The summed E-state index contributed by atoms with van der Waals surface area (Å²) in [6, 6.07) is 7.35. The smallest absolute Gasteiger partial charge is 0.242 e. The zero-order valence-electron chi connectivity index (χ0n) is 12.0. The summed E-state index contributed by atoms with van der Waals surface area (Å²) in [5.41, 5.74) is 1.08. The Labute approximate surface area is 125 Å². The molecule has 0 heterocycles. The molecule has 1 rings (SSSR count). The van der Waals surface area contributed by atoms with Crippen LogP contribution in [0, 0.1) is 0 Å². The number of hydrogen-bond acceptors (Lipinski definition) is 3. The molecule has 6 heteroatoms. The fraction of sp³-hybridized carbons (Fsp3) is 0.429.